The highest BCUT2D eigenvalue weighted by Crippen LogP contribution is 2.18. The number of thioether (sulfide) groups is 1. The topological polar surface area (TPSA) is 25.8 Å². The fourth-order valence-electron chi connectivity index (χ4n) is 0.385. The van der Waals surface area contributed by atoms with Gasteiger partial charge in [0.25, 0.3) is 0 Å². The van der Waals surface area contributed by atoms with Gasteiger partial charge in [0.2, 0.25) is 0 Å². The lowest BCUT2D eigenvalue weighted by molar-refractivity contribution is 1.01. The smallest absolute Gasteiger partial charge is 0.146 e. The van der Waals surface area contributed by atoms with Crippen LogP contribution in [0.5, 0.6) is 0 Å². The van der Waals surface area contributed by atoms with Crippen molar-refractivity contribution in [3.8, 4) is 0 Å². The molecule has 0 saturated carbocycles. The van der Waals surface area contributed by atoms with Crippen LogP contribution in [0.4, 0.5) is 0 Å². The minimum atomic E-state index is 0.949. The summed E-state index contributed by atoms with van der Waals surface area (Å²) in [5.41, 5.74) is 1.74. The Hall–Kier alpha value is -0.0900. The van der Waals surface area contributed by atoms with Gasteiger partial charge in [-0.3, -0.25) is 0 Å². The first-order valence-corrected chi connectivity index (χ1v) is 4.48. The van der Waals surface area contributed by atoms with Crippen LogP contribution in [0.2, 0.25) is 0 Å². The van der Waals surface area contributed by atoms with E-state index < -0.39 is 0 Å². The van der Waals surface area contributed by atoms with Gasteiger partial charge in [-0.2, -0.15) is 0 Å². The Morgan fingerprint density at radius 3 is 3.22 bits per heavy atom. The summed E-state index contributed by atoms with van der Waals surface area (Å²) in [6.45, 7) is 3.72. The summed E-state index contributed by atoms with van der Waals surface area (Å²) in [7, 11) is 0. The number of rotatable bonds is 3. The molecule has 0 aliphatic rings. The summed E-state index contributed by atoms with van der Waals surface area (Å²) in [6.07, 6.45) is 0.949. The molecule has 49 valence electrons. The Labute approximate surface area is 62.7 Å². The molecule has 0 aromatic carbocycles. The quantitative estimate of drug-likeness (QED) is 0.629. The number of hydrogen-bond acceptors (Lipinski definition) is 4. The Morgan fingerprint density at radius 1 is 1.78 bits per heavy atom. The van der Waals surface area contributed by atoms with Gasteiger partial charge in [0.1, 0.15) is 5.51 Å². The summed E-state index contributed by atoms with van der Waals surface area (Å²) >= 11 is 3.29. The SMILES string of the molecule is [CH2]CCSc1nncs1. The second kappa shape index (κ2) is 3.85. The van der Waals surface area contributed by atoms with Crippen molar-refractivity contribution >= 4 is 23.1 Å². The fourth-order valence-corrected chi connectivity index (χ4v) is 1.74. The zero-order valence-corrected chi connectivity index (χ0v) is 6.54. The van der Waals surface area contributed by atoms with E-state index in [1.807, 2.05) is 0 Å². The molecule has 1 rings (SSSR count). The zero-order chi connectivity index (χ0) is 6.53. The zero-order valence-electron chi connectivity index (χ0n) is 4.91. The first kappa shape index (κ1) is 7.02. The van der Waals surface area contributed by atoms with E-state index in [2.05, 4.69) is 17.1 Å². The molecule has 0 spiro atoms. The van der Waals surface area contributed by atoms with Gasteiger partial charge in [-0.05, 0) is 6.42 Å². The summed E-state index contributed by atoms with van der Waals surface area (Å²) in [6, 6.07) is 0. The van der Waals surface area contributed by atoms with Crippen molar-refractivity contribution in [2.75, 3.05) is 5.75 Å². The molecular weight excluding hydrogens is 152 g/mol. The van der Waals surface area contributed by atoms with Gasteiger partial charge in [-0.25, -0.2) is 0 Å². The van der Waals surface area contributed by atoms with Gasteiger partial charge >= 0.3 is 0 Å². The molecule has 0 aliphatic heterocycles. The normalized spacial score (nSPS) is 9.89. The van der Waals surface area contributed by atoms with Gasteiger partial charge in [-0.1, -0.05) is 30.0 Å². The molecule has 0 bridgehead atoms. The van der Waals surface area contributed by atoms with Crippen molar-refractivity contribution in [1.82, 2.24) is 10.2 Å². The molecule has 0 aliphatic carbocycles. The monoisotopic (exact) mass is 159 g/mol. The molecule has 1 heterocycles. The van der Waals surface area contributed by atoms with E-state index in [-0.39, 0.29) is 0 Å². The standard InChI is InChI=1S/C5H7N2S2/c1-2-3-8-5-7-6-4-9-5/h4H,1-3H2. The Morgan fingerprint density at radius 2 is 2.67 bits per heavy atom. The number of nitrogens with zero attached hydrogens (tertiary/aromatic N) is 2. The largest absolute Gasteiger partial charge is 0.174 e. The highest BCUT2D eigenvalue weighted by molar-refractivity contribution is 8.00. The maximum atomic E-state index is 3.86. The molecule has 1 aromatic heterocycles. The Kier molecular flexibility index (Phi) is 3.00. The van der Waals surface area contributed by atoms with Crippen LogP contribution in [0, 0.1) is 6.92 Å². The van der Waals surface area contributed by atoms with Gasteiger partial charge < -0.3 is 0 Å². The molecule has 1 radical (unpaired) electrons. The van der Waals surface area contributed by atoms with Crippen molar-refractivity contribution in [2.45, 2.75) is 10.8 Å². The average molecular weight is 159 g/mol. The van der Waals surface area contributed by atoms with E-state index in [0.717, 1.165) is 16.5 Å². The van der Waals surface area contributed by atoms with E-state index in [0.29, 0.717) is 0 Å². The first-order chi connectivity index (χ1) is 4.43. The molecule has 0 N–H and O–H groups in total. The van der Waals surface area contributed by atoms with Crippen molar-refractivity contribution in [3.05, 3.63) is 12.4 Å². The van der Waals surface area contributed by atoms with Crippen LogP contribution >= 0.6 is 23.1 Å². The number of hydrogen-bond donors (Lipinski definition) is 0. The summed E-state index contributed by atoms with van der Waals surface area (Å²) < 4.78 is 1.04. The third-order valence-corrected chi connectivity index (χ3v) is 2.66. The van der Waals surface area contributed by atoms with Crippen molar-refractivity contribution in [1.29, 1.82) is 0 Å². The van der Waals surface area contributed by atoms with E-state index in [9.17, 15) is 0 Å². The Bertz CT molecular complexity index is 150. The molecule has 0 fully saturated rings. The number of aromatic nitrogens is 2. The minimum Gasteiger partial charge on any atom is -0.146 e. The molecule has 0 unspecified atom stereocenters. The van der Waals surface area contributed by atoms with Crippen LogP contribution in [0.3, 0.4) is 0 Å². The second-order valence-electron chi connectivity index (χ2n) is 1.41. The van der Waals surface area contributed by atoms with Crippen LogP contribution in [-0.2, 0) is 0 Å². The highest BCUT2D eigenvalue weighted by Gasteiger charge is 1.93. The molecule has 1 aromatic rings. The van der Waals surface area contributed by atoms with Crippen molar-refractivity contribution in [2.24, 2.45) is 0 Å². The Balaban J connectivity index is 2.30. The third-order valence-electron chi connectivity index (χ3n) is 0.710. The van der Waals surface area contributed by atoms with Crippen LogP contribution in [0.25, 0.3) is 0 Å². The summed E-state index contributed by atoms with van der Waals surface area (Å²) in [4.78, 5) is 0. The summed E-state index contributed by atoms with van der Waals surface area (Å²) in [5, 5.41) is 7.56. The van der Waals surface area contributed by atoms with Crippen LogP contribution < -0.4 is 0 Å². The lowest BCUT2D eigenvalue weighted by atomic mass is 10.6. The first-order valence-electron chi connectivity index (χ1n) is 2.61. The molecular formula is C5H7N2S2. The van der Waals surface area contributed by atoms with Gasteiger partial charge in [-0.15, -0.1) is 10.2 Å². The predicted octanol–water partition coefficient (Wildman–Crippen LogP) is 1.85. The highest BCUT2D eigenvalue weighted by atomic mass is 32.2. The fraction of sp³-hybridized carbons (Fsp3) is 0.400. The van der Waals surface area contributed by atoms with Gasteiger partial charge in [0.05, 0.1) is 0 Å². The lowest BCUT2D eigenvalue weighted by Gasteiger charge is -1.87. The lowest BCUT2D eigenvalue weighted by Crippen LogP contribution is -1.73. The molecule has 0 saturated heterocycles. The van der Waals surface area contributed by atoms with Crippen molar-refractivity contribution in [3.63, 3.8) is 0 Å². The van der Waals surface area contributed by atoms with Crippen LogP contribution in [-0.4, -0.2) is 16.0 Å². The molecule has 9 heavy (non-hydrogen) atoms. The van der Waals surface area contributed by atoms with E-state index in [4.69, 9.17) is 0 Å². The summed E-state index contributed by atoms with van der Waals surface area (Å²) in [5.74, 6) is 1.04. The van der Waals surface area contributed by atoms with E-state index in [1.165, 1.54) is 0 Å². The molecule has 2 nitrogen and oxygen atoms in total. The average Bonchev–Trinajstić information content (AvgIpc) is 2.34. The predicted molar refractivity (Wildman–Crippen MR) is 40.6 cm³/mol. The van der Waals surface area contributed by atoms with Crippen LogP contribution in [0.1, 0.15) is 6.42 Å². The molecule has 0 amide bonds. The molecule has 0 atom stereocenters. The van der Waals surface area contributed by atoms with E-state index >= 15 is 0 Å². The maximum absolute atomic E-state index is 3.86. The minimum absolute atomic E-state index is 0.949. The second-order valence-corrected chi connectivity index (χ2v) is 3.58. The maximum Gasteiger partial charge on any atom is 0.174 e. The van der Waals surface area contributed by atoms with Gasteiger partial charge in [0.15, 0.2) is 4.34 Å². The van der Waals surface area contributed by atoms with Crippen molar-refractivity contribution < 1.29 is 0 Å². The molecule has 4 heteroatoms. The third kappa shape index (κ3) is 2.32. The van der Waals surface area contributed by atoms with Crippen LogP contribution in [0.15, 0.2) is 9.85 Å². The van der Waals surface area contributed by atoms with Gasteiger partial charge in [0, 0.05) is 5.75 Å². The van der Waals surface area contributed by atoms with E-state index in [1.54, 1.807) is 28.6 Å².